The molecule has 0 N–H and O–H groups in total. The van der Waals surface area contributed by atoms with E-state index in [2.05, 4.69) is 32.9 Å². The highest BCUT2D eigenvalue weighted by Crippen LogP contribution is 2.40. The Labute approximate surface area is 230 Å². The van der Waals surface area contributed by atoms with E-state index >= 15 is 0 Å². The fraction of sp³-hybridized carbons (Fsp3) is 0.375. The van der Waals surface area contributed by atoms with Gasteiger partial charge in [0.1, 0.15) is 0 Å². The van der Waals surface area contributed by atoms with Gasteiger partial charge in [0, 0.05) is 25.5 Å². The number of Topliss-reactive ketones (excluding diaryl/α,β-unsaturated/α-hetero) is 1. The van der Waals surface area contributed by atoms with Crippen molar-refractivity contribution in [1.82, 2.24) is 0 Å². The smallest absolute Gasteiger partial charge is 0.331 e. The second kappa shape index (κ2) is 14.2. The lowest BCUT2D eigenvalue weighted by Gasteiger charge is -2.32. The largest absolute Gasteiger partial charge is 0.454 e. The molecule has 0 unspecified atom stereocenters. The Kier molecular flexibility index (Phi) is 11.4. The molecule has 0 aliphatic heterocycles. The minimum Gasteiger partial charge on any atom is -0.454 e. The Morgan fingerprint density at radius 2 is 1.59 bits per heavy atom. The molecule has 1 aromatic carbocycles. The van der Waals surface area contributed by atoms with Crippen molar-refractivity contribution in [2.24, 2.45) is 5.41 Å². The molecule has 0 amide bonds. The van der Waals surface area contributed by atoms with E-state index in [1.54, 1.807) is 13.0 Å². The second-order valence-corrected chi connectivity index (χ2v) is 10.3. The van der Waals surface area contributed by atoms with Crippen LogP contribution in [-0.4, -0.2) is 30.3 Å². The summed E-state index contributed by atoms with van der Waals surface area (Å²) in [6.45, 7) is 12.4. The molecule has 0 atom stereocenters. The van der Waals surface area contributed by atoms with Gasteiger partial charge < -0.3 is 14.2 Å². The third kappa shape index (κ3) is 10.3. The molecule has 1 aromatic rings. The Morgan fingerprint density at radius 1 is 0.923 bits per heavy atom. The number of rotatable bonds is 10. The van der Waals surface area contributed by atoms with Crippen molar-refractivity contribution in [2.75, 3.05) is 6.61 Å². The first kappa shape index (κ1) is 31.2. The summed E-state index contributed by atoms with van der Waals surface area (Å²) < 4.78 is 15.1. The first-order chi connectivity index (χ1) is 18.3. The van der Waals surface area contributed by atoms with Crippen LogP contribution >= 0.6 is 0 Å². The van der Waals surface area contributed by atoms with Gasteiger partial charge >= 0.3 is 17.9 Å². The summed E-state index contributed by atoms with van der Waals surface area (Å²) in [6, 6.07) is 3.99. The van der Waals surface area contributed by atoms with E-state index in [4.69, 9.17) is 14.2 Å². The van der Waals surface area contributed by atoms with Gasteiger partial charge in [0.2, 0.25) is 0 Å². The van der Waals surface area contributed by atoms with Gasteiger partial charge in [0.15, 0.2) is 23.9 Å². The zero-order chi connectivity index (χ0) is 29.2. The fourth-order valence-electron chi connectivity index (χ4n) is 4.28. The molecule has 0 spiro atoms. The van der Waals surface area contributed by atoms with Crippen molar-refractivity contribution in [1.29, 1.82) is 0 Å². The number of esters is 3. The molecule has 0 heterocycles. The monoisotopic (exact) mass is 534 g/mol. The molecule has 7 nitrogen and oxygen atoms in total. The molecular weight excluding hydrogens is 496 g/mol. The summed E-state index contributed by atoms with van der Waals surface area (Å²) >= 11 is 0. The molecule has 1 aliphatic carbocycles. The zero-order valence-corrected chi connectivity index (χ0v) is 23.9. The lowest BCUT2D eigenvalue weighted by Crippen LogP contribution is -2.19. The predicted octanol–water partition coefficient (Wildman–Crippen LogP) is 6.79. The van der Waals surface area contributed by atoms with Crippen molar-refractivity contribution in [3.05, 3.63) is 82.5 Å². The molecule has 0 fully saturated rings. The number of hydrogen-bond donors (Lipinski definition) is 0. The number of ketones is 1. The first-order valence-electron chi connectivity index (χ1n) is 12.9. The van der Waals surface area contributed by atoms with Gasteiger partial charge in [-0.2, -0.15) is 0 Å². The Morgan fingerprint density at radius 3 is 2.23 bits per heavy atom. The van der Waals surface area contributed by atoms with Gasteiger partial charge in [0.25, 0.3) is 0 Å². The lowest BCUT2D eigenvalue weighted by atomic mass is 9.72. The van der Waals surface area contributed by atoms with Crippen LogP contribution in [0.3, 0.4) is 0 Å². The quantitative estimate of drug-likeness (QED) is 0.107. The number of hydrogen-bond acceptors (Lipinski definition) is 7. The van der Waals surface area contributed by atoms with Crippen molar-refractivity contribution >= 4 is 23.7 Å². The molecular formula is C32H38O7. The van der Waals surface area contributed by atoms with Gasteiger partial charge in [-0.15, -0.1) is 0 Å². The van der Waals surface area contributed by atoms with Crippen LogP contribution in [0.4, 0.5) is 0 Å². The lowest BCUT2D eigenvalue weighted by molar-refractivity contribution is -0.136. The highest BCUT2D eigenvalue weighted by molar-refractivity contribution is 5.99. The molecule has 39 heavy (non-hydrogen) atoms. The van der Waals surface area contributed by atoms with E-state index in [9.17, 15) is 19.2 Å². The normalized spacial score (nSPS) is 16.0. The predicted molar refractivity (Wildman–Crippen MR) is 150 cm³/mol. The molecule has 7 heteroatoms. The van der Waals surface area contributed by atoms with Crippen LogP contribution in [0.25, 0.3) is 0 Å². The maximum atomic E-state index is 12.5. The summed E-state index contributed by atoms with van der Waals surface area (Å²) in [4.78, 5) is 47.3. The molecule has 0 bridgehead atoms. The topological polar surface area (TPSA) is 96.0 Å². The summed E-state index contributed by atoms with van der Waals surface area (Å²) in [5.74, 6) is -2.50. The fourth-order valence-corrected chi connectivity index (χ4v) is 4.28. The van der Waals surface area contributed by atoms with E-state index in [1.807, 2.05) is 19.1 Å². The molecule has 0 radical (unpaired) electrons. The number of allylic oxidation sites excluding steroid dienone is 9. The van der Waals surface area contributed by atoms with Gasteiger partial charge in [0.05, 0.1) is 0 Å². The SMILES string of the molecule is CC(=O)Oc1ccc(C(=O)COC(=O)/C=C(C)/C=C/C=C(C)/C=C/C2=C(C)CCCC2(C)C)cc1OC(C)=O. The minimum absolute atomic E-state index is 0.00129. The van der Waals surface area contributed by atoms with Crippen LogP contribution in [-0.2, 0) is 19.1 Å². The zero-order valence-electron chi connectivity index (χ0n) is 23.9. The van der Waals surface area contributed by atoms with Crippen molar-refractivity contribution in [3.8, 4) is 11.5 Å². The van der Waals surface area contributed by atoms with Crippen molar-refractivity contribution in [2.45, 2.75) is 67.7 Å². The Balaban J connectivity index is 1.97. The third-order valence-corrected chi connectivity index (χ3v) is 6.24. The van der Waals surface area contributed by atoms with E-state index < -0.39 is 30.3 Å². The van der Waals surface area contributed by atoms with Crippen molar-refractivity contribution < 1.29 is 33.4 Å². The van der Waals surface area contributed by atoms with Crippen LogP contribution in [0.1, 0.15) is 78.1 Å². The van der Waals surface area contributed by atoms with Gasteiger partial charge in [-0.1, -0.05) is 55.4 Å². The van der Waals surface area contributed by atoms with E-state index in [0.717, 1.165) is 12.0 Å². The third-order valence-electron chi connectivity index (χ3n) is 6.24. The number of benzene rings is 1. The average molecular weight is 535 g/mol. The summed E-state index contributed by atoms with van der Waals surface area (Å²) in [6.07, 6.45) is 14.8. The maximum absolute atomic E-state index is 12.5. The van der Waals surface area contributed by atoms with Crippen LogP contribution in [0, 0.1) is 5.41 Å². The summed E-state index contributed by atoms with van der Waals surface area (Å²) in [7, 11) is 0. The number of carbonyl (C=O) groups excluding carboxylic acids is 4. The van der Waals surface area contributed by atoms with Crippen molar-refractivity contribution in [3.63, 3.8) is 0 Å². The summed E-state index contributed by atoms with van der Waals surface area (Å²) in [5.41, 5.74) is 4.92. The van der Waals surface area contributed by atoms with Crippen LogP contribution in [0.15, 0.2) is 76.9 Å². The van der Waals surface area contributed by atoms with Crippen LogP contribution in [0.2, 0.25) is 0 Å². The van der Waals surface area contributed by atoms with E-state index in [-0.39, 0.29) is 22.5 Å². The number of carbonyl (C=O) groups is 4. The van der Waals surface area contributed by atoms with Crippen LogP contribution < -0.4 is 9.47 Å². The van der Waals surface area contributed by atoms with Gasteiger partial charge in [-0.05, 0) is 74.8 Å². The first-order valence-corrected chi connectivity index (χ1v) is 12.9. The maximum Gasteiger partial charge on any atom is 0.331 e. The molecule has 208 valence electrons. The number of ether oxygens (including phenoxy) is 3. The standard InChI is InChI=1S/C32H38O7/c1-21(13-15-27-23(3)12-9-17-32(27,6)7)10-8-11-22(2)18-31(36)37-20-28(35)26-14-16-29(38-24(4)33)30(19-26)39-25(5)34/h8,10-11,13-16,18-19H,9,12,17,20H2,1-7H3/b11-8+,15-13+,21-10+,22-18+. The highest BCUT2D eigenvalue weighted by atomic mass is 16.6. The summed E-state index contributed by atoms with van der Waals surface area (Å²) in [5, 5.41) is 0. The molecule has 0 saturated heterocycles. The van der Waals surface area contributed by atoms with Gasteiger partial charge in [-0.25, -0.2) is 4.79 Å². The molecule has 1 aliphatic rings. The van der Waals surface area contributed by atoms with E-state index in [1.165, 1.54) is 62.1 Å². The second-order valence-electron chi connectivity index (χ2n) is 10.3. The Bertz CT molecular complexity index is 1270. The molecule has 2 rings (SSSR count). The Hall–Kier alpha value is -4.00. The van der Waals surface area contributed by atoms with E-state index in [0.29, 0.717) is 5.57 Å². The van der Waals surface area contributed by atoms with Gasteiger partial charge in [-0.3, -0.25) is 14.4 Å². The molecule has 0 saturated carbocycles. The van der Waals surface area contributed by atoms with Crippen LogP contribution in [0.5, 0.6) is 11.5 Å². The average Bonchev–Trinajstić information content (AvgIpc) is 2.82. The molecule has 0 aromatic heterocycles. The minimum atomic E-state index is -0.662. The highest BCUT2D eigenvalue weighted by Gasteiger charge is 2.26.